The van der Waals surface area contributed by atoms with E-state index in [0.29, 0.717) is 5.92 Å². The Morgan fingerprint density at radius 2 is 1.43 bits per heavy atom. The third-order valence-electron chi connectivity index (χ3n) is 4.10. The molecule has 0 spiro atoms. The van der Waals surface area contributed by atoms with Gasteiger partial charge in [-0.25, -0.2) is 0 Å². The van der Waals surface area contributed by atoms with Crippen molar-refractivity contribution in [1.82, 2.24) is 0 Å². The third kappa shape index (κ3) is 4.13. The van der Waals surface area contributed by atoms with E-state index in [1.807, 2.05) is 51.1 Å². The Bertz CT molecular complexity index is 685. The summed E-state index contributed by atoms with van der Waals surface area (Å²) in [5, 5.41) is 6.33. The van der Waals surface area contributed by atoms with Gasteiger partial charge in [0.2, 0.25) is 5.91 Å². The van der Waals surface area contributed by atoms with Crippen LogP contribution in [0.25, 0.3) is 0 Å². The third-order valence-corrected chi connectivity index (χ3v) is 4.10. The van der Waals surface area contributed by atoms with Crippen molar-refractivity contribution in [2.45, 2.75) is 40.5 Å². The fourth-order valence-corrected chi connectivity index (χ4v) is 2.79. The molecule has 3 nitrogen and oxygen atoms in total. The van der Waals surface area contributed by atoms with Crippen molar-refractivity contribution in [3.05, 3.63) is 58.7 Å². The van der Waals surface area contributed by atoms with Crippen LogP contribution >= 0.6 is 0 Å². The largest absolute Gasteiger partial charge is 0.376 e. The first-order valence-corrected chi connectivity index (χ1v) is 8.09. The van der Waals surface area contributed by atoms with E-state index in [4.69, 9.17) is 0 Å². The van der Waals surface area contributed by atoms with E-state index < -0.39 is 0 Å². The summed E-state index contributed by atoms with van der Waals surface area (Å²) in [5.74, 6) is 0.348. The fourth-order valence-electron chi connectivity index (χ4n) is 2.79. The Morgan fingerprint density at radius 1 is 0.913 bits per heavy atom. The van der Waals surface area contributed by atoms with E-state index in [0.717, 1.165) is 28.1 Å². The summed E-state index contributed by atoms with van der Waals surface area (Å²) < 4.78 is 0. The van der Waals surface area contributed by atoms with Gasteiger partial charge < -0.3 is 10.6 Å². The van der Waals surface area contributed by atoms with Gasteiger partial charge in [0, 0.05) is 11.4 Å². The standard InChI is InChI=1S/C20H26N2O/c1-13(2)17-11-7-10-16(5)20(17)22-18(23)12-21-19-14(3)8-6-9-15(19)4/h6-11,13,21H,12H2,1-5H3,(H,22,23). The van der Waals surface area contributed by atoms with Crippen LogP contribution < -0.4 is 10.6 Å². The predicted octanol–water partition coefficient (Wildman–Crippen LogP) is 4.79. The molecule has 0 aliphatic carbocycles. The second kappa shape index (κ2) is 7.32. The minimum Gasteiger partial charge on any atom is -0.376 e. The zero-order chi connectivity index (χ0) is 17.0. The number of hydrogen-bond acceptors (Lipinski definition) is 2. The van der Waals surface area contributed by atoms with Crippen molar-refractivity contribution in [1.29, 1.82) is 0 Å². The number of aryl methyl sites for hydroxylation is 3. The highest BCUT2D eigenvalue weighted by atomic mass is 16.1. The van der Waals surface area contributed by atoms with Gasteiger partial charge in [0.05, 0.1) is 6.54 Å². The molecule has 2 N–H and O–H groups in total. The van der Waals surface area contributed by atoms with Crippen LogP contribution in [0, 0.1) is 20.8 Å². The van der Waals surface area contributed by atoms with Crippen LogP contribution in [0.2, 0.25) is 0 Å². The Kier molecular flexibility index (Phi) is 5.43. The summed E-state index contributed by atoms with van der Waals surface area (Å²) in [6.07, 6.45) is 0. The molecule has 23 heavy (non-hydrogen) atoms. The van der Waals surface area contributed by atoms with Crippen LogP contribution in [0.5, 0.6) is 0 Å². The molecule has 0 unspecified atom stereocenters. The maximum absolute atomic E-state index is 12.4. The van der Waals surface area contributed by atoms with Crippen molar-refractivity contribution in [3.63, 3.8) is 0 Å². The molecule has 0 aromatic heterocycles. The predicted molar refractivity (Wildman–Crippen MR) is 98.3 cm³/mol. The van der Waals surface area contributed by atoms with Crippen LogP contribution in [0.3, 0.4) is 0 Å². The highest BCUT2D eigenvalue weighted by Crippen LogP contribution is 2.27. The molecule has 0 atom stereocenters. The molecule has 0 bridgehead atoms. The summed E-state index contributed by atoms with van der Waals surface area (Å²) in [5.41, 5.74) is 6.54. The monoisotopic (exact) mass is 310 g/mol. The van der Waals surface area contributed by atoms with Gasteiger partial charge in [-0.1, -0.05) is 50.2 Å². The number of nitrogens with one attached hydrogen (secondary N) is 2. The van der Waals surface area contributed by atoms with Crippen molar-refractivity contribution in [3.8, 4) is 0 Å². The lowest BCUT2D eigenvalue weighted by Gasteiger charge is -2.17. The van der Waals surface area contributed by atoms with Crippen molar-refractivity contribution >= 4 is 17.3 Å². The molecular weight excluding hydrogens is 284 g/mol. The lowest BCUT2D eigenvalue weighted by Crippen LogP contribution is -2.23. The number of hydrogen-bond donors (Lipinski definition) is 2. The number of benzene rings is 2. The van der Waals surface area contributed by atoms with E-state index in [1.165, 1.54) is 5.56 Å². The maximum Gasteiger partial charge on any atom is 0.243 e. The molecule has 2 aromatic rings. The molecule has 0 heterocycles. The van der Waals surface area contributed by atoms with E-state index in [9.17, 15) is 4.79 Å². The number of rotatable bonds is 5. The molecule has 1 amide bonds. The quantitative estimate of drug-likeness (QED) is 0.834. The summed E-state index contributed by atoms with van der Waals surface area (Å²) in [7, 11) is 0. The Hall–Kier alpha value is -2.29. The molecule has 2 aromatic carbocycles. The molecule has 2 rings (SSSR count). The smallest absolute Gasteiger partial charge is 0.243 e. The van der Waals surface area contributed by atoms with Crippen LogP contribution in [0.4, 0.5) is 11.4 Å². The van der Waals surface area contributed by atoms with Gasteiger partial charge in [-0.05, 0) is 48.9 Å². The number of carbonyl (C=O) groups is 1. The van der Waals surface area contributed by atoms with Gasteiger partial charge >= 0.3 is 0 Å². The molecule has 0 fully saturated rings. The highest BCUT2D eigenvalue weighted by Gasteiger charge is 2.12. The minimum absolute atomic E-state index is 0.0242. The van der Waals surface area contributed by atoms with Gasteiger partial charge in [-0.3, -0.25) is 4.79 Å². The van der Waals surface area contributed by atoms with Crippen LogP contribution in [0.1, 0.15) is 42.0 Å². The first-order chi connectivity index (χ1) is 10.9. The van der Waals surface area contributed by atoms with Gasteiger partial charge in [0.1, 0.15) is 0 Å². The SMILES string of the molecule is Cc1cccc(C)c1NCC(=O)Nc1c(C)cccc1C(C)C. The number of anilines is 2. The molecule has 0 saturated heterocycles. The van der Waals surface area contributed by atoms with Crippen molar-refractivity contribution < 1.29 is 4.79 Å². The normalized spacial score (nSPS) is 10.7. The topological polar surface area (TPSA) is 41.1 Å². The molecule has 0 aliphatic heterocycles. The van der Waals surface area contributed by atoms with Crippen LogP contribution in [-0.4, -0.2) is 12.5 Å². The van der Waals surface area contributed by atoms with Crippen molar-refractivity contribution in [2.75, 3.05) is 17.2 Å². The first kappa shape index (κ1) is 17.1. The zero-order valence-electron chi connectivity index (χ0n) is 14.7. The van der Waals surface area contributed by atoms with Gasteiger partial charge in [-0.2, -0.15) is 0 Å². The summed E-state index contributed by atoms with van der Waals surface area (Å²) in [4.78, 5) is 12.4. The zero-order valence-corrected chi connectivity index (χ0v) is 14.7. The van der Waals surface area contributed by atoms with E-state index in [-0.39, 0.29) is 12.5 Å². The summed E-state index contributed by atoms with van der Waals surface area (Å²) in [6.45, 7) is 10.7. The maximum atomic E-state index is 12.4. The van der Waals surface area contributed by atoms with E-state index >= 15 is 0 Å². The Labute approximate surface area is 139 Å². The average Bonchev–Trinajstić information content (AvgIpc) is 2.48. The average molecular weight is 310 g/mol. The molecule has 122 valence electrons. The van der Waals surface area contributed by atoms with Gasteiger partial charge in [-0.15, -0.1) is 0 Å². The van der Waals surface area contributed by atoms with Gasteiger partial charge in [0.25, 0.3) is 0 Å². The summed E-state index contributed by atoms with van der Waals surface area (Å²) >= 11 is 0. The lowest BCUT2D eigenvalue weighted by molar-refractivity contribution is -0.114. The highest BCUT2D eigenvalue weighted by molar-refractivity contribution is 5.95. The van der Waals surface area contributed by atoms with Crippen LogP contribution in [-0.2, 0) is 4.79 Å². The first-order valence-electron chi connectivity index (χ1n) is 8.09. The number of amides is 1. The van der Waals surface area contributed by atoms with E-state index in [1.54, 1.807) is 0 Å². The summed E-state index contributed by atoms with van der Waals surface area (Å²) in [6, 6.07) is 12.3. The van der Waals surface area contributed by atoms with E-state index in [2.05, 4.69) is 30.5 Å². The Morgan fingerprint density at radius 3 is 2.00 bits per heavy atom. The number of carbonyl (C=O) groups excluding carboxylic acids is 1. The van der Waals surface area contributed by atoms with Gasteiger partial charge in [0.15, 0.2) is 0 Å². The fraction of sp³-hybridized carbons (Fsp3) is 0.350. The Balaban J connectivity index is 2.09. The molecule has 0 saturated carbocycles. The van der Waals surface area contributed by atoms with Crippen LogP contribution in [0.15, 0.2) is 36.4 Å². The second-order valence-electron chi connectivity index (χ2n) is 6.36. The molecule has 0 radical (unpaired) electrons. The number of para-hydroxylation sites is 2. The molecule has 0 aliphatic rings. The minimum atomic E-state index is -0.0242. The molecular formula is C20H26N2O. The second-order valence-corrected chi connectivity index (χ2v) is 6.36. The lowest BCUT2D eigenvalue weighted by atomic mass is 9.98. The molecule has 3 heteroatoms. The van der Waals surface area contributed by atoms with Crippen molar-refractivity contribution in [2.24, 2.45) is 0 Å².